The molecule has 0 aliphatic carbocycles. The Hall–Kier alpha value is -1.62. The molecule has 1 aromatic rings. The maximum Gasteiger partial charge on any atom is 0.338 e. The van der Waals surface area contributed by atoms with Crippen LogP contribution in [0.25, 0.3) is 0 Å². The van der Waals surface area contributed by atoms with Crippen LogP contribution in [0.4, 0.5) is 0 Å². The van der Waals surface area contributed by atoms with Gasteiger partial charge in [-0.3, -0.25) is 4.79 Å². The first-order valence-electron chi connectivity index (χ1n) is 7.09. The first kappa shape index (κ1) is 15.8. The van der Waals surface area contributed by atoms with Gasteiger partial charge < -0.3 is 9.64 Å². The molecule has 6 heteroatoms. The number of nitrogens with zero attached hydrogens (tertiary/aromatic N) is 2. The quantitative estimate of drug-likeness (QED) is 0.636. The van der Waals surface area contributed by atoms with E-state index in [0.29, 0.717) is 5.56 Å². The number of amides is 1. The Bertz CT molecular complexity index is 525. The molecule has 2 heterocycles. The Morgan fingerprint density at radius 3 is 2.67 bits per heavy atom. The van der Waals surface area contributed by atoms with Crippen molar-refractivity contribution in [2.45, 2.75) is 45.2 Å². The normalized spacial score (nSPS) is 22.0. The van der Waals surface area contributed by atoms with Crippen LogP contribution in [0.3, 0.4) is 0 Å². The summed E-state index contributed by atoms with van der Waals surface area (Å²) in [6.07, 6.45) is 4.53. The zero-order valence-electron chi connectivity index (χ0n) is 12.2. The summed E-state index contributed by atoms with van der Waals surface area (Å²) in [5.74, 6) is -0.715. The van der Waals surface area contributed by atoms with Gasteiger partial charge in [0.1, 0.15) is 5.15 Å². The molecule has 0 bridgehead atoms. The summed E-state index contributed by atoms with van der Waals surface area (Å²) in [6, 6.07) is 3.30. The predicted octanol–water partition coefficient (Wildman–Crippen LogP) is 2.68. The van der Waals surface area contributed by atoms with Gasteiger partial charge in [0.2, 0.25) is 0 Å². The first-order chi connectivity index (χ1) is 9.99. The molecule has 2 atom stereocenters. The number of hydrogen-bond acceptors (Lipinski definition) is 4. The minimum atomic E-state index is -0.565. The summed E-state index contributed by atoms with van der Waals surface area (Å²) >= 11 is 5.72. The maximum absolute atomic E-state index is 12.2. The number of likely N-dealkylation sites (tertiary alicyclic amines) is 1. The van der Waals surface area contributed by atoms with E-state index in [1.165, 1.54) is 18.3 Å². The molecule has 1 aromatic heterocycles. The van der Waals surface area contributed by atoms with Crippen LogP contribution in [0, 0.1) is 0 Å². The van der Waals surface area contributed by atoms with Crippen molar-refractivity contribution >= 4 is 23.5 Å². The number of esters is 1. The molecule has 5 nitrogen and oxygen atoms in total. The molecule has 0 spiro atoms. The van der Waals surface area contributed by atoms with Gasteiger partial charge in [-0.05, 0) is 45.2 Å². The molecule has 1 aliphatic rings. The fourth-order valence-electron chi connectivity index (χ4n) is 2.73. The second kappa shape index (κ2) is 6.89. The van der Waals surface area contributed by atoms with Crippen LogP contribution >= 0.6 is 11.6 Å². The third kappa shape index (κ3) is 3.94. The van der Waals surface area contributed by atoms with Gasteiger partial charge in [0, 0.05) is 18.3 Å². The Morgan fingerprint density at radius 2 is 2.05 bits per heavy atom. The lowest BCUT2D eigenvalue weighted by Gasteiger charge is -2.38. The summed E-state index contributed by atoms with van der Waals surface area (Å²) in [7, 11) is 0. The summed E-state index contributed by atoms with van der Waals surface area (Å²) in [4.78, 5) is 29.7. The average Bonchev–Trinajstić information content (AvgIpc) is 2.44. The molecule has 0 unspecified atom stereocenters. The van der Waals surface area contributed by atoms with E-state index in [1.807, 2.05) is 18.7 Å². The number of carbonyl (C=O) groups is 2. The molecular formula is C15H19ClN2O3. The number of halogens is 1. The molecule has 1 aliphatic heterocycles. The van der Waals surface area contributed by atoms with E-state index in [0.717, 1.165) is 19.3 Å². The number of aromatic nitrogens is 1. The van der Waals surface area contributed by atoms with Crippen molar-refractivity contribution in [3.05, 3.63) is 29.0 Å². The third-order valence-electron chi connectivity index (χ3n) is 3.77. The largest absolute Gasteiger partial charge is 0.452 e. The van der Waals surface area contributed by atoms with Crippen molar-refractivity contribution in [2.75, 3.05) is 6.61 Å². The molecular weight excluding hydrogens is 292 g/mol. The Labute approximate surface area is 129 Å². The Morgan fingerprint density at radius 1 is 1.38 bits per heavy atom. The first-order valence-corrected chi connectivity index (χ1v) is 7.46. The number of rotatable bonds is 3. The van der Waals surface area contributed by atoms with Crippen LogP contribution in [0.15, 0.2) is 18.3 Å². The van der Waals surface area contributed by atoms with Gasteiger partial charge in [-0.25, -0.2) is 9.78 Å². The van der Waals surface area contributed by atoms with Crippen molar-refractivity contribution in [3.63, 3.8) is 0 Å². The number of hydrogen-bond donors (Lipinski definition) is 0. The van der Waals surface area contributed by atoms with Crippen LogP contribution in [0.2, 0.25) is 5.15 Å². The summed E-state index contributed by atoms with van der Waals surface area (Å²) in [5.41, 5.74) is 0.294. The standard InChI is InChI=1S/C15H19ClN2O3/c1-10-4-3-5-11(2)18(10)14(19)9-21-15(20)12-6-7-17-13(16)8-12/h6-8,10-11H,3-5,9H2,1-2H3/t10-,11-/m1/s1. The highest BCUT2D eigenvalue weighted by Crippen LogP contribution is 2.22. The molecule has 0 saturated carbocycles. The van der Waals surface area contributed by atoms with Crippen molar-refractivity contribution in [3.8, 4) is 0 Å². The van der Waals surface area contributed by atoms with Gasteiger partial charge in [-0.1, -0.05) is 11.6 Å². The lowest BCUT2D eigenvalue weighted by Crippen LogP contribution is -2.49. The summed E-state index contributed by atoms with van der Waals surface area (Å²) < 4.78 is 5.08. The van der Waals surface area contributed by atoms with E-state index in [1.54, 1.807) is 0 Å². The van der Waals surface area contributed by atoms with Crippen LogP contribution in [-0.4, -0.2) is 40.5 Å². The highest BCUT2D eigenvalue weighted by Gasteiger charge is 2.29. The van der Waals surface area contributed by atoms with Crippen molar-refractivity contribution in [1.82, 2.24) is 9.88 Å². The Kier molecular flexibility index (Phi) is 5.17. The minimum absolute atomic E-state index is 0.150. The second-order valence-corrected chi connectivity index (χ2v) is 5.76. The van der Waals surface area contributed by atoms with Crippen molar-refractivity contribution < 1.29 is 14.3 Å². The van der Waals surface area contributed by atoms with Crippen LogP contribution < -0.4 is 0 Å². The molecule has 1 saturated heterocycles. The topological polar surface area (TPSA) is 59.5 Å². The smallest absolute Gasteiger partial charge is 0.338 e. The summed E-state index contributed by atoms with van der Waals surface area (Å²) in [6.45, 7) is 3.81. The van der Waals surface area contributed by atoms with Gasteiger partial charge >= 0.3 is 5.97 Å². The molecule has 2 rings (SSSR count). The predicted molar refractivity (Wildman–Crippen MR) is 79.2 cm³/mol. The lowest BCUT2D eigenvalue weighted by atomic mass is 9.97. The highest BCUT2D eigenvalue weighted by molar-refractivity contribution is 6.29. The fraction of sp³-hybridized carbons (Fsp3) is 0.533. The second-order valence-electron chi connectivity index (χ2n) is 5.37. The monoisotopic (exact) mass is 310 g/mol. The van der Waals surface area contributed by atoms with E-state index >= 15 is 0 Å². The van der Waals surface area contributed by atoms with Crippen molar-refractivity contribution in [1.29, 1.82) is 0 Å². The highest BCUT2D eigenvalue weighted by atomic mass is 35.5. The van der Waals surface area contributed by atoms with Crippen molar-refractivity contribution in [2.24, 2.45) is 0 Å². The number of carbonyl (C=O) groups excluding carboxylic acids is 2. The van der Waals surface area contributed by atoms with E-state index in [4.69, 9.17) is 16.3 Å². The maximum atomic E-state index is 12.2. The number of pyridine rings is 1. The molecule has 0 aromatic carbocycles. The average molecular weight is 311 g/mol. The lowest BCUT2D eigenvalue weighted by molar-refractivity contribution is -0.140. The molecule has 21 heavy (non-hydrogen) atoms. The van der Waals surface area contributed by atoms with E-state index in [2.05, 4.69) is 4.98 Å². The van der Waals surface area contributed by atoms with Gasteiger partial charge in [0.25, 0.3) is 5.91 Å². The molecule has 114 valence electrons. The van der Waals surface area contributed by atoms with Crippen LogP contribution in [0.5, 0.6) is 0 Å². The molecule has 1 amide bonds. The van der Waals surface area contributed by atoms with Crippen LogP contribution in [-0.2, 0) is 9.53 Å². The van der Waals surface area contributed by atoms with Gasteiger partial charge in [-0.2, -0.15) is 0 Å². The van der Waals surface area contributed by atoms with E-state index in [-0.39, 0.29) is 29.8 Å². The SMILES string of the molecule is C[C@@H]1CCC[C@@H](C)N1C(=O)COC(=O)c1ccnc(Cl)c1. The molecule has 1 fully saturated rings. The summed E-state index contributed by atoms with van der Waals surface area (Å²) in [5, 5.41) is 0.217. The molecule has 0 radical (unpaired) electrons. The van der Waals surface area contributed by atoms with Gasteiger partial charge in [0.15, 0.2) is 6.61 Å². The van der Waals surface area contributed by atoms with Gasteiger partial charge in [-0.15, -0.1) is 0 Å². The molecule has 0 N–H and O–H groups in total. The van der Waals surface area contributed by atoms with Gasteiger partial charge in [0.05, 0.1) is 5.56 Å². The Balaban J connectivity index is 1.93. The minimum Gasteiger partial charge on any atom is -0.452 e. The zero-order chi connectivity index (χ0) is 15.4. The van der Waals surface area contributed by atoms with E-state index in [9.17, 15) is 9.59 Å². The zero-order valence-corrected chi connectivity index (χ0v) is 13.0. The number of ether oxygens (including phenoxy) is 1. The van der Waals surface area contributed by atoms with E-state index < -0.39 is 5.97 Å². The van der Waals surface area contributed by atoms with Crippen LogP contribution in [0.1, 0.15) is 43.5 Å². The fourth-order valence-corrected chi connectivity index (χ4v) is 2.90. The number of piperidine rings is 1. The third-order valence-corrected chi connectivity index (χ3v) is 3.98.